The van der Waals surface area contributed by atoms with Crippen molar-refractivity contribution in [2.24, 2.45) is 5.92 Å². The van der Waals surface area contributed by atoms with Crippen LogP contribution in [-0.2, 0) is 6.42 Å². The Hall–Kier alpha value is -1.02. The Morgan fingerprint density at radius 1 is 1.35 bits per heavy atom. The molecule has 1 heterocycles. The van der Waals surface area contributed by atoms with Crippen molar-refractivity contribution in [2.75, 3.05) is 20.6 Å². The first-order valence-corrected chi connectivity index (χ1v) is 6.61. The summed E-state index contributed by atoms with van der Waals surface area (Å²) in [5, 5.41) is 0. The second kappa shape index (κ2) is 4.02. The molecule has 1 aromatic rings. The number of fused-ring (bicyclic) bond motifs is 1. The Labute approximate surface area is 104 Å². The van der Waals surface area contributed by atoms with Crippen LogP contribution in [0.3, 0.4) is 0 Å². The van der Waals surface area contributed by atoms with Crippen molar-refractivity contribution in [3.63, 3.8) is 0 Å². The standard InChI is InChI=1S/C15H21NO/c1-16(2)11-13-7-5-9-15(13)10-12-6-3-4-8-14(12)17-15/h3-4,6,8,13H,5,7,9-11H2,1-2H3. The summed E-state index contributed by atoms with van der Waals surface area (Å²) in [5.74, 6) is 1.81. The molecule has 2 unspecified atom stereocenters. The molecule has 0 saturated heterocycles. The topological polar surface area (TPSA) is 12.5 Å². The van der Waals surface area contributed by atoms with Crippen LogP contribution in [0, 0.1) is 5.92 Å². The molecule has 0 radical (unpaired) electrons. The zero-order valence-electron chi connectivity index (χ0n) is 10.8. The fourth-order valence-electron chi connectivity index (χ4n) is 3.51. The number of para-hydroxylation sites is 1. The number of ether oxygens (including phenoxy) is 1. The van der Waals surface area contributed by atoms with Crippen molar-refractivity contribution >= 4 is 0 Å². The van der Waals surface area contributed by atoms with Crippen LogP contribution in [0.4, 0.5) is 0 Å². The normalized spacial score (nSPS) is 30.9. The SMILES string of the molecule is CN(C)CC1CCCC12Cc1ccccc1O2. The number of benzene rings is 1. The predicted molar refractivity (Wildman–Crippen MR) is 69.4 cm³/mol. The summed E-state index contributed by atoms with van der Waals surface area (Å²) in [6.07, 6.45) is 4.96. The van der Waals surface area contributed by atoms with Gasteiger partial charge in [-0.1, -0.05) is 18.2 Å². The van der Waals surface area contributed by atoms with Crippen LogP contribution in [0.1, 0.15) is 24.8 Å². The number of hydrogen-bond donors (Lipinski definition) is 0. The Morgan fingerprint density at radius 2 is 2.18 bits per heavy atom. The Morgan fingerprint density at radius 3 is 2.94 bits per heavy atom. The highest BCUT2D eigenvalue weighted by Gasteiger charge is 2.48. The van der Waals surface area contributed by atoms with E-state index >= 15 is 0 Å². The van der Waals surface area contributed by atoms with Crippen molar-refractivity contribution in [3.05, 3.63) is 29.8 Å². The van der Waals surface area contributed by atoms with Crippen molar-refractivity contribution in [1.82, 2.24) is 4.90 Å². The number of rotatable bonds is 2. The molecule has 0 bridgehead atoms. The summed E-state index contributed by atoms with van der Waals surface area (Å²) < 4.78 is 6.34. The van der Waals surface area contributed by atoms with Crippen LogP contribution >= 0.6 is 0 Å². The van der Waals surface area contributed by atoms with E-state index < -0.39 is 0 Å². The maximum absolute atomic E-state index is 6.34. The molecule has 1 fully saturated rings. The summed E-state index contributed by atoms with van der Waals surface area (Å²) in [4.78, 5) is 2.30. The molecule has 0 N–H and O–H groups in total. The van der Waals surface area contributed by atoms with Gasteiger partial charge in [-0.15, -0.1) is 0 Å². The minimum atomic E-state index is 0.105. The second-order valence-electron chi connectivity index (χ2n) is 5.80. The van der Waals surface area contributed by atoms with Gasteiger partial charge in [0.05, 0.1) is 0 Å². The van der Waals surface area contributed by atoms with Gasteiger partial charge >= 0.3 is 0 Å². The number of nitrogens with zero attached hydrogens (tertiary/aromatic N) is 1. The van der Waals surface area contributed by atoms with Crippen LogP contribution in [0.15, 0.2) is 24.3 Å². The highest BCUT2D eigenvalue weighted by Crippen LogP contribution is 2.47. The van der Waals surface area contributed by atoms with Crippen molar-refractivity contribution in [3.8, 4) is 5.75 Å². The van der Waals surface area contributed by atoms with Gasteiger partial charge in [-0.05, 0) is 45.0 Å². The maximum atomic E-state index is 6.34. The molecule has 2 heteroatoms. The van der Waals surface area contributed by atoms with E-state index in [1.54, 1.807) is 0 Å². The van der Waals surface area contributed by atoms with Gasteiger partial charge in [0.1, 0.15) is 11.4 Å². The van der Waals surface area contributed by atoms with Gasteiger partial charge in [-0.3, -0.25) is 0 Å². The maximum Gasteiger partial charge on any atom is 0.123 e. The van der Waals surface area contributed by atoms with Gasteiger partial charge in [0.15, 0.2) is 0 Å². The largest absolute Gasteiger partial charge is 0.486 e. The monoisotopic (exact) mass is 231 g/mol. The molecular formula is C15H21NO. The zero-order chi connectivity index (χ0) is 11.9. The minimum absolute atomic E-state index is 0.105. The molecule has 2 atom stereocenters. The summed E-state index contributed by atoms with van der Waals surface area (Å²) in [7, 11) is 4.32. The van der Waals surface area contributed by atoms with E-state index in [4.69, 9.17) is 4.74 Å². The third kappa shape index (κ3) is 1.85. The third-order valence-corrected chi connectivity index (χ3v) is 4.26. The van der Waals surface area contributed by atoms with E-state index in [9.17, 15) is 0 Å². The first-order chi connectivity index (χ1) is 8.20. The zero-order valence-corrected chi connectivity index (χ0v) is 10.8. The van der Waals surface area contributed by atoms with Gasteiger partial charge in [0.25, 0.3) is 0 Å². The smallest absolute Gasteiger partial charge is 0.123 e. The summed E-state index contributed by atoms with van der Waals surface area (Å²) in [6, 6.07) is 8.54. The van der Waals surface area contributed by atoms with E-state index in [-0.39, 0.29) is 5.60 Å². The van der Waals surface area contributed by atoms with Crippen LogP contribution in [0.5, 0.6) is 5.75 Å². The lowest BCUT2D eigenvalue weighted by Crippen LogP contribution is -2.42. The molecule has 1 aromatic carbocycles. The first kappa shape index (κ1) is 11.1. The lowest BCUT2D eigenvalue weighted by Gasteiger charge is -2.32. The Bertz CT molecular complexity index is 388. The molecule has 0 amide bonds. The summed E-state index contributed by atoms with van der Waals surface area (Å²) in [5.41, 5.74) is 1.51. The molecule has 17 heavy (non-hydrogen) atoms. The van der Waals surface area contributed by atoms with Crippen LogP contribution in [-0.4, -0.2) is 31.1 Å². The molecule has 2 nitrogen and oxygen atoms in total. The molecule has 3 rings (SSSR count). The average Bonchev–Trinajstić information content (AvgIpc) is 2.83. The van der Waals surface area contributed by atoms with E-state index in [2.05, 4.69) is 43.3 Å². The highest BCUT2D eigenvalue weighted by molar-refractivity contribution is 5.39. The summed E-state index contributed by atoms with van der Waals surface area (Å²) >= 11 is 0. The lowest BCUT2D eigenvalue weighted by atomic mass is 9.86. The Balaban J connectivity index is 1.84. The molecule has 2 aliphatic rings. The van der Waals surface area contributed by atoms with Gasteiger partial charge in [-0.2, -0.15) is 0 Å². The molecule has 1 aliphatic heterocycles. The van der Waals surface area contributed by atoms with E-state index in [0.29, 0.717) is 5.92 Å². The molecule has 0 aromatic heterocycles. The van der Waals surface area contributed by atoms with Crippen molar-refractivity contribution in [1.29, 1.82) is 0 Å². The fourth-order valence-corrected chi connectivity index (χ4v) is 3.51. The highest BCUT2D eigenvalue weighted by atomic mass is 16.5. The lowest BCUT2D eigenvalue weighted by molar-refractivity contribution is 0.0408. The second-order valence-corrected chi connectivity index (χ2v) is 5.80. The van der Waals surface area contributed by atoms with Crippen molar-refractivity contribution < 1.29 is 4.74 Å². The van der Waals surface area contributed by atoms with E-state index in [1.165, 1.54) is 24.8 Å². The minimum Gasteiger partial charge on any atom is -0.486 e. The Kier molecular flexibility index (Phi) is 2.62. The van der Waals surface area contributed by atoms with Gasteiger partial charge in [0.2, 0.25) is 0 Å². The van der Waals surface area contributed by atoms with Gasteiger partial charge in [-0.25, -0.2) is 0 Å². The van der Waals surface area contributed by atoms with Gasteiger partial charge in [0, 0.05) is 18.9 Å². The van der Waals surface area contributed by atoms with Crippen LogP contribution in [0.2, 0.25) is 0 Å². The quantitative estimate of drug-likeness (QED) is 0.776. The van der Waals surface area contributed by atoms with E-state index in [0.717, 1.165) is 18.7 Å². The molecular weight excluding hydrogens is 210 g/mol. The average molecular weight is 231 g/mol. The summed E-state index contributed by atoms with van der Waals surface area (Å²) in [6.45, 7) is 1.15. The third-order valence-electron chi connectivity index (χ3n) is 4.26. The number of hydrogen-bond acceptors (Lipinski definition) is 2. The molecule has 92 valence electrons. The van der Waals surface area contributed by atoms with E-state index in [1.807, 2.05) is 0 Å². The van der Waals surface area contributed by atoms with Crippen LogP contribution in [0.25, 0.3) is 0 Å². The first-order valence-electron chi connectivity index (χ1n) is 6.61. The molecule has 1 saturated carbocycles. The predicted octanol–water partition coefficient (Wildman–Crippen LogP) is 2.72. The molecule has 1 aliphatic carbocycles. The van der Waals surface area contributed by atoms with Crippen molar-refractivity contribution in [2.45, 2.75) is 31.3 Å². The molecule has 1 spiro atoms. The fraction of sp³-hybridized carbons (Fsp3) is 0.600. The van der Waals surface area contributed by atoms with Gasteiger partial charge < -0.3 is 9.64 Å². The van der Waals surface area contributed by atoms with Crippen LogP contribution < -0.4 is 4.74 Å².